The van der Waals surface area contributed by atoms with Crippen LogP contribution in [0.25, 0.3) is 0 Å². The molecule has 1 heterocycles. The molecule has 0 aliphatic carbocycles. The Kier molecular flexibility index (Phi) is 4.04. The first-order valence-electron chi connectivity index (χ1n) is 3.41. The van der Waals surface area contributed by atoms with Gasteiger partial charge >= 0.3 is 10.8 Å². The summed E-state index contributed by atoms with van der Waals surface area (Å²) in [6.07, 6.45) is 0. The van der Waals surface area contributed by atoms with Crippen LogP contribution in [0.15, 0.2) is 0 Å². The van der Waals surface area contributed by atoms with Gasteiger partial charge in [-0.3, -0.25) is 0 Å². The summed E-state index contributed by atoms with van der Waals surface area (Å²) in [6, 6.07) is 0. The molecule has 7 heteroatoms. The van der Waals surface area contributed by atoms with Crippen LogP contribution in [0.5, 0.6) is 0 Å². The summed E-state index contributed by atoms with van der Waals surface area (Å²) in [5.74, 6) is 0. The van der Waals surface area contributed by atoms with Gasteiger partial charge in [0.15, 0.2) is 0 Å². The standard InChI is InChI=1S/C4H12B2N2S3/c1-7(2)5-9-6(8(3)4)11-10-5/h1-4H3. The van der Waals surface area contributed by atoms with Crippen LogP contribution in [0.1, 0.15) is 0 Å². The van der Waals surface area contributed by atoms with Crippen molar-refractivity contribution in [1.29, 1.82) is 0 Å². The molecule has 0 radical (unpaired) electrons. The van der Waals surface area contributed by atoms with Gasteiger partial charge in [-0.15, -0.1) is 21.3 Å². The van der Waals surface area contributed by atoms with E-state index >= 15 is 0 Å². The maximum Gasteiger partial charge on any atom is 0.362 e. The molecule has 11 heavy (non-hydrogen) atoms. The van der Waals surface area contributed by atoms with Crippen molar-refractivity contribution in [3.8, 4) is 0 Å². The molecule has 1 saturated heterocycles. The predicted octanol–water partition coefficient (Wildman–Crippen LogP) is 1.21. The normalized spacial score (nSPS) is 19.1. The average molecular weight is 206 g/mol. The van der Waals surface area contributed by atoms with Crippen LogP contribution in [0.3, 0.4) is 0 Å². The third-order valence-corrected chi connectivity index (χ3v) is 7.29. The van der Waals surface area contributed by atoms with Crippen molar-refractivity contribution in [2.24, 2.45) is 0 Å². The average Bonchev–Trinajstić information content (AvgIpc) is 2.33. The lowest BCUT2D eigenvalue weighted by Gasteiger charge is -2.14. The first kappa shape index (κ1) is 10.2. The smallest absolute Gasteiger partial charge is 0.329 e. The van der Waals surface area contributed by atoms with Crippen LogP contribution in [-0.4, -0.2) is 48.6 Å². The van der Waals surface area contributed by atoms with E-state index in [0.29, 0.717) is 10.8 Å². The zero-order valence-electron chi connectivity index (χ0n) is 7.27. The molecule has 0 amide bonds. The van der Waals surface area contributed by atoms with E-state index in [1.165, 1.54) is 0 Å². The lowest BCUT2D eigenvalue weighted by molar-refractivity contribution is 0.667. The number of hydrogen-bond donors (Lipinski definition) is 0. The molecule has 1 aliphatic heterocycles. The van der Waals surface area contributed by atoms with Gasteiger partial charge in [0.1, 0.15) is 0 Å². The Labute approximate surface area is 81.4 Å². The molecule has 0 unspecified atom stereocenters. The van der Waals surface area contributed by atoms with Gasteiger partial charge in [0, 0.05) is 0 Å². The summed E-state index contributed by atoms with van der Waals surface area (Å²) < 4.78 is 0. The number of nitrogens with zero attached hydrogens (tertiary/aromatic N) is 2. The third kappa shape index (κ3) is 2.81. The van der Waals surface area contributed by atoms with Gasteiger partial charge in [0.25, 0.3) is 0 Å². The van der Waals surface area contributed by atoms with Crippen LogP contribution in [-0.2, 0) is 0 Å². The Bertz CT molecular complexity index is 121. The number of rotatable bonds is 2. The summed E-state index contributed by atoms with van der Waals surface area (Å²) in [5, 5.41) is 1.24. The van der Waals surface area contributed by atoms with E-state index in [9.17, 15) is 0 Å². The van der Waals surface area contributed by atoms with Crippen molar-refractivity contribution in [2.45, 2.75) is 0 Å². The Morgan fingerprint density at radius 1 is 0.818 bits per heavy atom. The van der Waals surface area contributed by atoms with Gasteiger partial charge in [-0.05, 0) is 28.2 Å². The molecule has 1 aliphatic rings. The molecule has 1 fully saturated rings. The molecule has 0 spiro atoms. The summed E-state index contributed by atoms with van der Waals surface area (Å²) in [7, 11) is 12.4. The highest BCUT2D eigenvalue weighted by Gasteiger charge is 2.37. The van der Waals surface area contributed by atoms with E-state index in [2.05, 4.69) is 37.8 Å². The van der Waals surface area contributed by atoms with Crippen molar-refractivity contribution in [3.05, 3.63) is 0 Å². The Hall–Kier alpha value is 1.10. The zero-order chi connectivity index (χ0) is 8.43. The maximum absolute atomic E-state index is 2.26. The molecule has 0 saturated carbocycles. The minimum absolute atomic E-state index is 0.618. The SMILES string of the molecule is CN(C)B1SSB(N(C)C)S1. The van der Waals surface area contributed by atoms with Crippen molar-refractivity contribution in [2.75, 3.05) is 28.2 Å². The summed E-state index contributed by atoms with van der Waals surface area (Å²) in [4.78, 5) is 4.51. The second kappa shape index (κ2) is 4.37. The van der Waals surface area contributed by atoms with Gasteiger partial charge in [-0.25, -0.2) is 0 Å². The van der Waals surface area contributed by atoms with Crippen LogP contribution in [0.2, 0.25) is 0 Å². The molecule has 0 aromatic carbocycles. The van der Waals surface area contributed by atoms with E-state index in [0.717, 1.165) is 0 Å². The third-order valence-electron chi connectivity index (χ3n) is 1.30. The summed E-state index contributed by atoms with van der Waals surface area (Å²) in [6.45, 7) is 0. The quantitative estimate of drug-likeness (QED) is 0.493. The minimum atomic E-state index is 0.618. The van der Waals surface area contributed by atoms with Gasteiger partial charge in [0.2, 0.25) is 0 Å². The Morgan fingerprint density at radius 3 is 1.36 bits per heavy atom. The Balaban J connectivity index is 2.35. The van der Waals surface area contributed by atoms with Gasteiger partial charge in [0.05, 0.1) is 0 Å². The van der Waals surface area contributed by atoms with Crippen LogP contribution >= 0.6 is 32.8 Å². The molecule has 0 aromatic rings. The fourth-order valence-corrected chi connectivity index (χ4v) is 6.32. The summed E-state index contributed by atoms with van der Waals surface area (Å²) >= 11 is 2.00. The zero-order valence-corrected chi connectivity index (χ0v) is 9.72. The molecular weight excluding hydrogens is 194 g/mol. The summed E-state index contributed by atoms with van der Waals surface area (Å²) in [5.41, 5.74) is 0. The van der Waals surface area contributed by atoms with Crippen LogP contribution in [0.4, 0.5) is 0 Å². The molecule has 2 nitrogen and oxygen atoms in total. The monoisotopic (exact) mass is 206 g/mol. The fourth-order valence-electron chi connectivity index (χ4n) is 0.656. The van der Waals surface area contributed by atoms with E-state index in [-0.39, 0.29) is 0 Å². The highest BCUT2D eigenvalue weighted by molar-refractivity contribution is 9.12. The van der Waals surface area contributed by atoms with Crippen molar-refractivity contribution >= 4 is 43.6 Å². The minimum Gasteiger partial charge on any atom is -0.329 e. The molecular formula is C4H12B2N2S3. The first-order chi connectivity index (χ1) is 5.11. The lowest BCUT2D eigenvalue weighted by Crippen LogP contribution is -2.29. The largest absolute Gasteiger partial charge is 0.362 e. The fraction of sp³-hybridized carbons (Fsp3) is 1.00. The topological polar surface area (TPSA) is 6.48 Å². The van der Waals surface area contributed by atoms with E-state index in [1.807, 2.05) is 32.8 Å². The first-order valence-corrected chi connectivity index (χ1v) is 6.63. The van der Waals surface area contributed by atoms with E-state index < -0.39 is 0 Å². The van der Waals surface area contributed by atoms with E-state index in [1.54, 1.807) is 0 Å². The van der Waals surface area contributed by atoms with Crippen LogP contribution < -0.4 is 0 Å². The molecule has 1 rings (SSSR count). The van der Waals surface area contributed by atoms with Crippen molar-refractivity contribution in [3.63, 3.8) is 0 Å². The van der Waals surface area contributed by atoms with Crippen LogP contribution in [0, 0.1) is 0 Å². The Morgan fingerprint density at radius 2 is 1.18 bits per heavy atom. The lowest BCUT2D eigenvalue weighted by atomic mass is 10.3. The van der Waals surface area contributed by atoms with Gasteiger partial charge < -0.3 is 9.62 Å². The predicted molar refractivity (Wildman–Crippen MR) is 61.7 cm³/mol. The number of hydrogen-bond acceptors (Lipinski definition) is 5. The molecule has 0 aromatic heterocycles. The maximum atomic E-state index is 2.26. The van der Waals surface area contributed by atoms with Gasteiger partial charge in [-0.1, -0.05) is 0 Å². The highest BCUT2D eigenvalue weighted by atomic mass is 33.1. The second-order valence-corrected chi connectivity index (χ2v) is 7.06. The van der Waals surface area contributed by atoms with Crippen molar-refractivity contribution < 1.29 is 0 Å². The van der Waals surface area contributed by atoms with Gasteiger partial charge in [-0.2, -0.15) is 11.5 Å². The van der Waals surface area contributed by atoms with E-state index in [4.69, 9.17) is 0 Å². The second-order valence-electron chi connectivity index (χ2n) is 2.87. The molecule has 0 bridgehead atoms. The molecule has 62 valence electrons. The molecule has 0 N–H and O–H groups in total. The highest BCUT2D eigenvalue weighted by Crippen LogP contribution is 2.46. The van der Waals surface area contributed by atoms with Crippen molar-refractivity contribution in [1.82, 2.24) is 9.62 Å². The molecule has 0 atom stereocenters.